The minimum atomic E-state index is -1.14. The molecule has 0 atom stereocenters. The minimum Gasteiger partial charge on any atom is -0.476 e. The van der Waals surface area contributed by atoms with Crippen LogP contribution in [0.15, 0.2) is 12.4 Å². The molecule has 1 aromatic heterocycles. The van der Waals surface area contributed by atoms with Gasteiger partial charge in [0.25, 0.3) is 0 Å². The van der Waals surface area contributed by atoms with Gasteiger partial charge in [-0.1, -0.05) is 0 Å². The fourth-order valence-corrected chi connectivity index (χ4v) is 0.902. The Morgan fingerprint density at radius 2 is 2.13 bits per heavy atom. The van der Waals surface area contributed by atoms with Crippen molar-refractivity contribution >= 4 is 5.97 Å². The fraction of sp³-hybridized carbons (Fsp3) is 0.444. The molecule has 0 spiro atoms. The molecule has 1 heterocycles. The van der Waals surface area contributed by atoms with Gasteiger partial charge in [0.15, 0.2) is 0 Å². The van der Waals surface area contributed by atoms with E-state index in [0.29, 0.717) is 13.2 Å². The molecular weight excluding hydrogens is 198 g/mol. The molecule has 0 saturated heterocycles. The summed E-state index contributed by atoms with van der Waals surface area (Å²) in [4.78, 5) is 20.1. The Morgan fingerprint density at radius 3 is 2.73 bits per heavy atom. The van der Waals surface area contributed by atoms with Crippen LogP contribution in [0.25, 0.3) is 0 Å². The normalized spacial score (nSPS) is 10.3. The molecule has 15 heavy (non-hydrogen) atoms. The molecule has 0 radical (unpaired) electrons. The molecular formula is C9H13N3O3. The van der Waals surface area contributed by atoms with Crippen molar-refractivity contribution in [2.75, 3.05) is 27.2 Å². The molecule has 0 amide bonds. The third kappa shape index (κ3) is 3.51. The number of aromatic nitrogens is 2. The molecule has 1 aromatic rings. The summed E-state index contributed by atoms with van der Waals surface area (Å²) < 4.78 is 5.21. The van der Waals surface area contributed by atoms with E-state index in [1.807, 2.05) is 19.0 Å². The van der Waals surface area contributed by atoms with Gasteiger partial charge in [0.1, 0.15) is 6.61 Å². The lowest BCUT2D eigenvalue weighted by Gasteiger charge is -2.10. The van der Waals surface area contributed by atoms with E-state index in [-0.39, 0.29) is 11.6 Å². The molecule has 82 valence electrons. The second-order valence-electron chi connectivity index (χ2n) is 3.17. The van der Waals surface area contributed by atoms with E-state index in [1.165, 1.54) is 12.4 Å². The molecule has 1 N–H and O–H groups in total. The molecule has 0 fully saturated rings. The van der Waals surface area contributed by atoms with Crippen LogP contribution in [0.1, 0.15) is 10.5 Å². The zero-order valence-corrected chi connectivity index (χ0v) is 8.67. The smallest absolute Gasteiger partial charge is 0.360 e. The first-order chi connectivity index (χ1) is 7.11. The highest BCUT2D eigenvalue weighted by Gasteiger charge is 2.13. The third-order valence-electron chi connectivity index (χ3n) is 1.64. The van der Waals surface area contributed by atoms with E-state index in [2.05, 4.69) is 9.97 Å². The van der Waals surface area contributed by atoms with Crippen molar-refractivity contribution in [2.45, 2.75) is 0 Å². The van der Waals surface area contributed by atoms with E-state index in [1.54, 1.807) is 0 Å². The molecule has 0 unspecified atom stereocenters. The molecule has 1 rings (SSSR count). The first kappa shape index (κ1) is 11.4. The van der Waals surface area contributed by atoms with Crippen molar-refractivity contribution in [2.24, 2.45) is 0 Å². The van der Waals surface area contributed by atoms with E-state index >= 15 is 0 Å². The Balaban J connectivity index is 2.63. The maximum atomic E-state index is 10.7. The summed E-state index contributed by atoms with van der Waals surface area (Å²) in [5, 5.41) is 8.78. The van der Waals surface area contributed by atoms with E-state index in [0.717, 1.165) is 0 Å². The molecule has 6 nitrogen and oxygen atoms in total. The maximum Gasteiger partial charge on any atom is 0.360 e. The van der Waals surface area contributed by atoms with Crippen molar-refractivity contribution < 1.29 is 14.6 Å². The van der Waals surface area contributed by atoms with Crippen LogP contribution >= 0.6 is 0 Å². The number of carboxylic acid groups (broad SMARTS) is 1. The minimum absolute atomic E-state index is 0.0619. The highest BCUT2D eigenvalue weighted by molar-refractivity contribution is 5.87. The van der Waals surface area contributed by atoms with Gasteiger partial charge in [0.2, 0.25) is 11.6 Å². The van der Waals surface area contributed by atoms with Crippen LogP contribution in [0, 0.1) is 0 Å². The first-order valence-corrected chi connectivity index (χ1v) is 4.43. The number of carboxylic acids is 1. The first-order valence-electron chi connectivity index (χ1n) is 4.43. The number of likely N-dealkylation sites (N-methyl/N-ethyl adjacent to an activating group) is 1. The van der Waals surface area contributed by atoms with E-state index in [4.69, 9.17) is 9.84 Å². The van der Waals surface area contributed by atoms with Crippen LogP contribution in [0.4, 0.5) is 0 Å². The van der Waals surface area contributed by atoms with Gasteiger partial charge in [-0.3, -0.25) is 0 Å². The van der Waals surface area contributed by atoms with Gasteiger partial charge in [-0.15, -0.1) is 0 Å². The van der Waals surface area contributed by atoms with Gasteiger partial charge in [0, 0.05) is 18.9 Å². The Morgan fingerprint density at radius 1 is 1.47 bits per heavy atom. The quantitative estimate of drug-likeness (QED) is 0.745. The average Bonchev–Trinajstić information content (AvgIpc) is 2.17. The molecule has 0 aliphatic carbocycles. The topological polar surface area (TPSA) is 75.5 Å². The lowest BCUT2D eigenvalue weighted by molar-refractivity contribution is 0.0683. The third-order valence-corrected chi connectivity index (χ3v) is 1.64. The predicted octanol–water partition coefficient (Wildman–Crippen LogP) is 0.115. The van der Waals surface area contributed by atoms with E-state index < -0.39 is 5.97 Å². The van der Waals surface area contributed by atoms with Crippen LogP contribution < -0.4 is 4.74 Å². The molecule has 6 heteroatoms. The van der Waals surface area contributed by atoms with Crippen LogP contribution in [-0.4, -0.2) is 53.2 Å². The number of ether oxygens (including phenoxy) is 1. The maximum absolute atomic E-state index is 10.7. The summed E-state index contributed by atoms with van der Waals surface area (Å²) in [5.74, 6) is -1.07. The largest absolute Gasteiger partial charge is 0.476 e. The lowest BCUT2D eigenvalue weighted by atomic mass is 10.4. The predicted molar refractivity (Wildman–Crippen MR) is 53.0 cm³/mol. The van der Waals surface area contributed by atoms with Crippen molar-refractivity contribution in [3.63, 3.8) is 0 Å². The van der Waals surface area contributed by atoms with Gasteiger partial charge in [-0.05, 0) is 14.1 Å². The Hall–Kier alpha value is -1.69. The Bertz CT molecular complexity index is 341. The van der Waals surface area contributed by atoms with Crippen molar-refractivity contribution in [3.8, 4) is 5.88 Å². The van der Waals surface area contributed by atoms with E-state index in [9.17, 15) is 4.79 Å². The lowest BCUT2D eigenvalue weighted by Crippen LogP contribution is -2.20. The summed E-state index contributed by atoms with van der Waals surface area (Å²) >= 11 is 0. The van der Waals surface area contributed by atoms with Crippen molar-refractivity contribution in [1.29, 1.82) is 0 Å². The van der Waals surface area contributed by atoms with Gasteiger partial charge in [0.05, 0.1) is 0 Å². The average molecular weight is 211 g/mol. The number of hydrogen-bond acceptors (Lipinski definition) is 5. The summed E-state index contributed by atoms with van der Waals surface area (Å²) in [7, 11) is 3.80. The zero-order chi connectivity index (χ0) is 11.3. The molecule has 0 aromatic carbocycles. The SMILES string of the molecule is CN(C)CCOc1nccnc1C(=O)O. The summed E-state index contributed by atoms with van der Waals surface area (Å²) in [6, 6.07) is 0. The number of aromatic carboxylic acids is 1. The van der Waals surface area contributed by atoms with Gasteiger partial charge >= 0.3 is 5.97 Å². The summed E-state index contributed by atoms with van der Waals surface area (Å²) in [6.07, 6.45) is 2.72. The highest BCUT2D eigenvalue weighted by Crippen LogP contribution is 2.10. The number of rotatable bonds is 5. The van der Waals surface area contributed by atoms with Crippen LogP contribution in [-0.2, 0) is 0 Å². The Kier molecular flexibility index (Phi) is 3.99. The number of carbonyl (C=O) groups is 1. The van der Waals surface area contributed by atoms with Crippen LogP contribution in [0.5, 0.6) is 5.88 Å². The fourth-order valence-electron chi connectivity index (χ4n) is 0.902. The van der Waals surface area contributed by atoms with Gasteiger partial charge in [-0.25, -0.2) is 14.8 Å². The van der Waals surface area contributed by atoms with Gasteiger partial charge in [-0.2, -0.15) is 0 Å². The van der Waals surface area contributed by atoms with Crippen molar-refractivity contribution in [3.05, 3.63) is 18.1 Å². The van der Waals surface area contributed by atoms with Crippen LogP contribution in [0.3, 0.4) is 0 Å². The second kappa shape index (κ2) is 5.26. The molecule has 0 aliphatic heterocycles. The summed E-state index contributed by atoms with van der Waals surface area (Å²) in [5.41, 5.74) is -0.156. The Labute approximate surface area is 87.5 Å². The molecule has 0 aliphatic rings. The highest BCUT2D eigenvalue weighted by atomic mass is 16.5. The van der Waals surface area contributed by atoms with Crippen molar-refractivity contribution in [1.82, 2.24) is 14.9 Å². The zero-order valence-electron chi connectivity index (χ0n) is 8.67. The molecule has 0 saturated carbocycles. The van der Waals surface area contributed by atoms with Crippen LogP contribution in [0.2, 0.25) is 0 Å². The number of hydrogen-bond donors (Lipinski definition) is 1. The molecule has 0 bridgehead atoms. The number of nitrogens with zero attached hydrogens (tertiary/aromatic N) is 3. The monoisotopic (exact) mass is 211 g/mol. The standard InChI is InChI=1S/C9H13N3O3/c1-12(2)5-6-15-8-7(9(13)14)10-3-4-11-8/h3-4H,5-6H2,1-2H3,(H,13,14). The summed E-state index contributed by atoms with van der Waals surface area (Å²) in [6.45, 7) is 1.07. The second-order valence-corrected chi connectivity index (χ2v) is 3.17. The van der Waals surface area contributed by atoms with Gasteiger partial charge < -0.3 is 14.7 Å².